The first-order chi connectivity index (χ1) is 12.2. The predicted octanol–water partition coefficient (Wildman–Crippen LogP) is 3.44. The van der Waals surface area contributed by atoms with Crippen LogP contribution < -0.4 is 5.56 Å². The second-order valence-electron chi connectivity index (χ2n) is 6.65. The third-order valence-electron chi connectivity index (χ3n) is 4.91. The molecular formula is C20H20FN3O. The molecule has 0 spiro atoms. The minimum Gasteiger partial charge on any atom is -0.310 e. The number of H-pyrrole nitrogens is 1. The number of hydrogen-bond acceptors (Lipinski definition) is 3. The molecule has 1 saturated heterocycles. The van der Waals surface area contributed by atoms with Crippen molar-refractivity contribution in [3.63, 3.8) is 0 Å². The molecule has 4 nitrogen and oxygen atoms in total. The second kappa shape index (κ2) is 6.76. The summed E-state index contributed by atoms with van der Waals surface area (Å²) < 4.78 is 13.3. The van der Waals surface area contributed by atoms with Gasteiger partial charge in [-0.25, -0.2) is 9.37 Å². The molecule has 0 atom stereocenters. The standard InChI is InChI=1S/C20H20FN3O/c21-16-6-7-18-17(12-16)20(25)23-19(22-18)15-8-10-24(11-9-15)13-14-4-2-1-3-5-14/h1-7,12,15H,8-11,13H2,(H,22,23,25). The Labute approximate surface area is 145 Å². The van der Waals surface area contributed by atoms with E-state index in [9.17, 15) is 9.18 Å². The first kappa shape index (κ1) is 16.0. The molecule has 1 fully saturated rings. The van der Waals surface area contributed by atoms with Gasteiger partial charge < -0.3 is 4.98 Å². The summed E-state index contributed by atoms with van der Waals surface area (Å²) in [5.41, 5.74) is 1.62. The van der Waals surface area contributed by atoms with Crippen LogP contribution >= 0.6 is 0 Å². The Hall–Kier alpha value is -2.53. The summed E-state index contributed by atoms with van der Waals surface area (Å²) >= 11 is 0. The lowest BCUT2D eigenvalue weighted by Gasteiger charge is -2.31. The van der Waals surface area contributed by atoms with E-state index in [0.717, 1.165) is 38.3 Å². The van der Waals surface area contributed by atoms with E-state index < -0.39 is 5.82 Å². The predicted molar refractivity (Wildman–Crippen MR) is 96.0 cm³/mol. The highest BCUT2D eigenvalue weighted by molar-refractivity contribution is 5.77. The van der Waals surface area contributed by atoms with Crippen molar-refractivity contribution in [3.05, 3.63) is 76.1 Å². The van der Waals surface area contributed by atoms with Crippen LogP contribution in [0.4, 0.5) is 4.39 Å². The van der Waals surface area contributed by atoms with Crippen molar-refractivity contribution in [3.8, 4) is 0 Å². The average molecular weight is 337 g/mol. The molecule has 1 aromatic heterocycles. The monoisotopic (exact) mass is 337 g/mol. The van der Waals surface area contributed by atoms with Gasteiger partial charge in [0.05, 0.1) is 10.9 Å². The zero-order valence-electron chi connectivity index (χ0n) is 13.9. The van der Waals surface area contributed by atoms with Crippen LogP contribution in [-0.4, -0.2) is 28.0 Å². The van der Waals surface area contributed by atoms with Gasteiger partial charge in [0.2, 0.25) is 0 Å². The number of aromatic nitrogens is 2. The first-order valence-electron chi connectivity index (χ1n) is 8.65. The van der Waals surface area contributed by atoms with Crippen LogP contribution in [0.2, 0.25) is 0 Å². The first-order valence-corrected chi connectivity index (χ1v) is 8.65. The Balaban J connectivity index is 1.48. The second-order valence-corrected chi connectivity index (χ2v) is 6.65. The third-order valence-corrected chi connectivity index (χ3v) is 4.91. The molecular weight excluding hydrogens is 317 g/mol. The minimum atomic E-state index is -0.415. The average Bonchev–Trinajstić information content (AvgIpc) is 2.64. The Bertz CT molecular complexity index is 931. The fraction of sp³-hybridized carbons (Fsp3) is 0.300. The molecule has 2 heterocycles. The summed E-state index contributed by atoms with van der Waals surface area (Å²) in [4.78, 5) is 22.1. The molecule has 2 aromatic carbocycles. The topological polar surface area (TPSA) is 49.0 Å². The van der Waals surface area contributed by atoms with Crippen molar-refractivity contribution in [2.75, 3.05) is 13.1 Å². The lowest BCUT2D eigenvalue weighted by atomic mass is 9.95. The molecule has 0 amide bonds. The van der Waals surface area contributed by atoms with Gasteiger partial charge in [-0.05, 0) is 49.7 Å². The lowest BCUT2D eigenvalue weighted by molar-refractivity contribution is 0.202. The maximum Gasteiger partial charge on any atom is 0.258 e. The Morgan fingerprint density at radius 1 is 1.12 bits per heavy atom. The van der Waals surface area contributed by atoms with Crippen LogP contribution in [-0.2, 0) is 6.54 Å². The van der Waals surface area contributed by atoms with E-state index in [2.05, 4.69) is 39.1 Å². The van der Waals surface area contributed by atoms with Gasteiger partial charge in [-0.3, -0.25) is 9.69 Å². The highest BCUT2D eigenvalue weighted by Crippen LogP contribution is 2.26. The van der Waals surface area contributed by atoms with Crippen molar-refractivity contribution in [2.45, 2.75) is 25.3 Å². The number of likely N-dealkylation sites (tertiary alicyclic amines) is 1. The molecule has 0 bridgehead atoms. The maximum absolute atomic E-state index is 13.3. The fourth-order valence-electron chi connectivity index (χ4n) is 3.53. The highest BCUT2D eigenvalue weighted by atomic mass is 19.1. The Morgan fingerprint density at radius 3 is 2.64 bits per heavy atom. The normalized spacial score (nSPS) is 16.4. The highest BCUT2D eigenvalue weighted by Gasteiger charge is 2.23. The van der Waals surface area contributed by atoms with Gasteiger partial charge in [0.15, 0.2) is 0 Å². The van der Waals surface area contributed by atoms with E-state index >= 15 is 0 Å². The summed E-state index contributed by atoms with van der Waals surface area (Å²) in [6, 6.07) is 14.6. The van der Waals surface area contributed by atoms with Crippen molar-refractivity contribution in [1.29, 1.82) is 0 Å². The van der Waals surface area contributed by atoms with Gasteiger partial charge in [-0.1, -0.05) is 30.3 Å². The number of nitrogens with zero attached hydrogens (tertiary/aromatic N) is 2. The third kappa shape index (κ3) is 3.46. The van der Waals surface area contributed by atoms with Gasteiger partial charge in [0, 0.05) is 12.5 Å². The molecule has 1 aliphatic heterocycles. The zero-order valence-corrected chi connectivity index (χ0v) is 13.9. The van der Waals surface area contributed by atoms with E-state index in [1.807, 2.05) is 6.07 Å². The van der Waals surface area contributed by atoms with Crippen molar-refractivity contribution < 1.29 is 4.39 Å². The molecule has 128 valence electrons. The number of nitrogens with one attached hydrogen (secondary N) is 1. The molecule has 0 saturated carbocycles. The van der Waals surface area contributed by atoms with Crippen LogP contribution in [0.25, 0.3) is 10.9 Å². The van der Waals surface area contributed by atoms with E-state index in [-0.39, 0.29) is 11.5 Å². The molecule has 0 aliphatic carbocycles. The Kier molecular flexibility index (Phi) is 4.32. The fourth-order valence-corrected chi connectivity index (χ4v) is 3.53. The largest absolute Gasteiger partial charge is 0.310 e. The number of hydrogen-bond donors (Lipinski definition) is 1. The zero-order chi connectivity index (χ0) is 17.2. The summed E-state index contributed by atoms with van der Waals surface area (Å²) in [7, 11) is 0. The summed E-state index contributed by atoms with van der Waals surface area (Å²) in [6.07, 6.45) is 1.92. The van der Waals surface area contributed by atoms with Crippen molar-refractivity contribution in [1.82, 2.24) is 14.9 Å². The van der Waals surface area contributed by atoms with Gasteiger partial charge in [-0.2, -0.15) is 0 Å². The molecule has 3 aromatic rings. The van der Waals surface area contributed by atoms with Crippen LogP contribution in [0.3, 0.4) is 0 Å². The van der Waals surface area contributed by atoms with Crippen LogP contribution in [0, 0.1) is 5.82 Å². The van der Waals surface area contributed by atoms with Crippen LogP contribution in [0.1, 0.15) is 30.1 Å². The van der Waals surface area contributed by atoms with Crippen molar-refractivity contribution in [2.24, 2.45) is 0 Å². The molecule has 5 heteroatoms. The number of aromatic amines is 1. The lowest BCUT2D eigenvalue weighted by Crippen LogP contribution is -2.33. The SMILES string of the molecule is O=c1[nH]c(C2CCN(Cc3ccccc3)CC2)nc2ccc(F)cc12. The smallest absolute Gasteiger partial charge is 0.258 e. The molecule has 25 heavy (non-hydrogen) atoms. The summed E-state index contributed by atoms with van der Waals surface area (Å²) in [5, 5.41) is 0.310. The van der Waals surface area contributed by atoms with Gasteiger partial charge in [-0.15, -0.1) is 0 Å². The van der Waals surface area contributed by atoms with Gasteiger partial charge >= 0.3 is 0 Å². The number of fused-ring (bicyclic) bond motifs is 1. The van der Waals surface area contributed by atoms with E-state index in [1.54, 1.807) is 6.07 Å². The molecule has 1 aliphatic rings. The number of halogens is 1. The summed E-state index contributed by atoms with van der Waals surface area (Å²) in [5.74, 6) is 0.555. The maximum atomic E-state index is 13.3. The van der Waals surface area contributed by atoms with Crippen molar-refractivity contribution >= 4 is 10.9 Å². The van der Waals surface area contributed by atoms with Crippen LogP contribution in [0.15, 0.2) is 53.3 Å². The molecule has 0 radical (unpaired) electrons. The Morgan fingerprint density at radius 2 is 1.88 bits per heavy atom. The van der Waals surface area contributed by atoms with E-state index in [0.29, 0.717) is 10.9 Å². The molecule has 1 N–H and O–H groups in total. The number of piperidine rings is 1. The van der Waals surface area contributed by atoms with Gasteiger partial charge in [0.25, 0.3) is 5.56 Å². The van der Waals surface area contributed by atoms with Gasteiger partial charge in [0.1, 0.15) is 11.6 Å². The van der Waals surface area contributed by atoms with E-state index in [4.69, 9.17) is 0 Å². The minimum absolute atomic E-state index is 0.245. The van der Waals surface area contributed by atoms with Crippen LogP contribution in [0.5, 0.6) is 0 Å². The number of rotatable bonds is 3. The van der Waals surface area contributed by atoms with E-state index in [1.165, 1.54) is 17.7 Å². The summed E-state index contributed by atoms with van der Waals surface area (Å²) in [6.45, 7) is 2.91. The number of benzene rings is 2. The molecule has 0 unspecified atom stereocenters. The quantitative estimate of drug-likeness (QED) is 0.796. The molecule has 4 rings (SSSR count).